The Morgan fingerprint density at radius 2 is 1.48 bits per heavy atom. The van der Waals surface area contributed by atoms with E-state index in [-0.39, 0.29) is 11.5 Å². The topological polar surface area (TPSA) is 57.8 Å². The van der Waals surface area contributed by atoms with Gasteiger partial charge in [-0.05, 0) is 72.0 Å². The van der Waals surface area contributed by atoms with Crippen molar-refractivity contribution in [1.82, 2.24) is 9.78 Å². The minimum atomic E-state index is -0.169. The van der Waals surface area contributed by atoms with Crippen molar-refractivity contribution < 1.29 is 0 Å². The van der Waals surface area contributed by atoms with Gasteiger partial charge in [-0.2, -0.15) is 5.10 Å². The summed E-state index contributed by atoms with van der Waals surface area (Å²) in [5.41, 5.74) is 8.24. The van der Waals surface area contributed by atoms with Gasteiger partial charge in [-0.25, -0.2) is 14.7 Å². The third kappa shape index (κ3) is 4.48. The molecule has 3 heterocycles. The van der Waals surface area contributed by atoms with Gasteiger partial charge < -0.3 is 10.2 Å². The van der Waals surface area contributed by atoms with Crippen molar-refractivity contribution >= 4 is 46.2 Å². The minimum absolute atomic E-state index is 0.0526. The number of para-hydroxylation sites is 3. The number of nitrogens with one attached hydrogen (secondary N) is 1. The predicted molar refractivity (Wildman–Crippen MR) is 173 cm³/mol. The molecule has 7 rings (SSSR count). The molecule has 208 valence electrons. The van der Waals surface area contributed by atoms with Crippen LogP contribution in [0.4, 0.5) is 22.9 Å². The Balaban J connectivity index is 1.47. The number of hydrogen-bond acceptors (Lipinski definition) is 5. The second-order valence-corrected chi connectivity index (χ2v) is 12.2. The summed E-state index contributed by atoms with van der Waals surface area (Å²) in [7, 11) is 0. The average molecular weight is 571 g/mol. The number of nitrogens with zero attached hydrogens (tertiary/aromatic N) is 5. The largest absolute Gasteiger partial charge is 0.337 e. The van der Waals surface area contributed by atoms with Crippen molar-refractivity contribution in [2.45, 2.75) is 39.2 Å². The zero-order valence-corrected chi connectivity index (χ0v) is 24.8. The first kappa shape index (κ1) is 26.2. The zero-order valence-electron chi connectivity index (χ0n) is 24.0. The molecule has 2 aliphatic heterocycles. The van der Waals surface area contributed by atoms with Crippen molar-refractivity contribution in [2.75, 3.05) is 10.2 Å². The maximum atomic E-state index is 6.19. The number of benzene rings is 4. The maximum Gasteiger partial charge on any atom is 0.179 e. The van der Waals surface area contributed by atoms with Crippen LogP contribution in [-0.4, -0.2) is 21.5 Å². The molecule has 1 N–H and O–H groups in total. The van der Waals surface area contributed by atoms with Crippen molar-refractivity contribution in [3.05, 3.63) is 131 Å². The van der Waals surface area contributed by atoms with E-state index in [1.807, 2.05) is 59.3 Å². The molecular formula is C35H31ClN6. The first-order valence-corrected chi connectivity index (χ1v) is 14.5. The van der Waals surface area contributed by atoms with Crippen molar-refractivity contribution in [3.8, 4) is 5.69 Å². The summed E-state index contributed by atoms with van der Waals surface area (Å²) in [6.07, 6.45) is 0. The van der Waals surface area contributed by atoms with Crippen LogP contribution in [0.15, 0.2) is 113 Å². The number of anilines is 2. The number of halogens is 1. The van der Waals surface area contributed by atoms with Gasteiger partial charge in [0.25, 0.3) is 0 Å². The molecule has 7 heteroatoms. The minimum Gasteiger partial charge on any atom is -0.337 e. The fourth-order valence-corrected chi connectivity index (χ4v) is 5.82. The lowest BCUT2D eigenvalue weighted by Gasteiger charge is -2.40. The molecule has 0 radical (unpaired) electrons. The second kappa shape index (κ2) is 10.00. The monoisotopic (exact) mass is 570 g/mol. The third-order valence-corrected chi connectivity index (χ3v) is 8.09. The Kier molecular flexibility index (Phi) is 6.24. The summed E-state index contributed by atoms with van der Waals surface area (Å²) in [5.74, 6) is 2.20. The standard InChI is InChI=1S/C35H31ClN6/c1-22-30-31(23-14-16-24(17-15-23)35(2,3)4)41-29-13-9-8-12-28(29)38-32(37-26-20-18-25(36)19-21-26)34(41)39-33(30)42(40-22)27-10-6-5-7-11-27/h5-21,31H,1-4H3,(H,37,38). The van der Waals surface area contributed by atoms with Crippen LogP contribution >= 0.6 is 11.6 Å². The van der Waals surface area contributed by atoms with E-state index in [0.717, 1.165) is 51.2 Å². The number of aromatic nitrogens is 2. The first-order valence-electron chi connectivity index (χ1n) is 14.1. The van der Waals surface area contributed by atoms with E-state index in [2.05, 4.69) is 86.4 Å². The van der Waals surface area contributed by atoms with E-state index in [0.29, 0.717) is 10.9 Å². The predicted octanol–water partition coefficient (Wildman–Crippen LogP) is 8.93. The molecule has 0 saturated heterocycles. The van der Waals surface area contributed by atoms with Gasteiger partial charge in [0.2, 0.25) is 0 Å². The summed E-state index contributed by atoms with van der Waals surface area (Å²) >= 11 is 6.19. The van der Waals surface area contributed by atoms with E-state index >= 15 is 0 Å². The van der Waals surface area contributed by atoms with E-state index in [4.69, 9.17) is 26.7 Å². The number of amidine groups is 2. The lowest BCUT2D eigenvalue weighted by atomic mass is 9.85. The van der Waals surface area contributed by atoms with E-state index in [1.165, 1.54) is 5.56 Å². The SMILES string of the molecule is Cc1nn(-c2ccccc2)c2c1C(c1ccc(C(C)(C)C)cc1)N1C(=N2)C(Nc2ccc(Cl)cc2)=Nc2ccccc21. The highest BCUT2D eigenvalue weighted by Gasteiger charge is 2.41. The smallest absolute Gasteiger partial charge is 0.179 e. The van der Waals surface area contributed by atoms with Crippen LogP contribution in [-0.2, 0) is 5.41 Å². The van der Waals surface area contributed by atoms with Gasteiger partial charge in [-0.15, -0.1) is 0 Å². The van der Waals surface area contributed by atoms with Gasteiger partial charge in [-0.3, -0.25) is 0 Å². The second-order valence-electron chi connectivity index (χ2n) is 11.7. The van der Waals surface area contributed by atoms with Gasteiger partial charge >= 0.3 is 0 Å². The fraction of sp³-hybridized carbons (Fsp3) is 0.171. The fourth-order valence-electron chi connectivity index (χ4n) is 5.70. The quantitative estimate of drug-likeness (QED) is 0.235. The summed E-state index contributed by atoms with van der Waals surface area (Å²) in [6, 6.07) is 34.9. The molecule has 6 nitrogen and oxygen atoms in total. The molecule has 0 amide bonds. The van der Waals surface area contributed by atoms with Crippen molar-refractivity contribution in [3.63, 3.8) is 0 Å². The van der Waals surface area contributed by atoms with Gasteiger partial charge in [0.15, 0.2) is 17.5 Å². The highest BCUT2D eigenvalue weighted by atomic mass is 35.5. The Morgan fingerprint density at radius 1 is 0.786 bits per heavy atom. The van der Waals surface area contributed by atoms with E-state index < -0.39 is 0 Å². The molecule has 0 spiro atoms. The number of aryl methyl sites for hydroxylation is 1. The molecule has 42 heavy (non-hydrogen) atoms. The first-order chi connectivity index (χ1) is 20.3. The van der Waals surface area contributed by atoms with Crippen LogP contribution in [0.5, 0.6) is 0 Å². The van der Waals surface area contributed by atoms with Gasteiger partial charge in [0.05, 0.1) is 28.8 Å². The molecule has 0 saturated carbocycles. The van der Waals surface area contributed by atoms with Crippen molar-refractivity contribution in [1.29, 1.82) is 0 Å². The Hall–Kier alpha value is -4.68. The molecule has 2 aliphatic rings. The average Bonchev–Trinajstić information content (AvgIpc) is 3.33. The van der Waals surface area contributed by atoms with Crippen LogP contribution in [0.25, 0.3) is 5.69 Å². The highest BCUT2D eigenvalue weighted by molar-refractivity contribution is 6.51. The molecular weight excluding hydrogens is 540 g/mol. The molecule has 1 atom stereocenters. The third-order valence-electron chi connectivity index (χ3n) is 7.84. The molecule has 4 aromatic carbocycles. The number of hydrogen-bond donors (Lipinski definition) is 1. The molecule has 1 aromatic heterocycles. The molecule has 0 aliphatic carbocycles. The van der Waals surface area contributed by atoms with Crippen LogP contribution in [0, 0.1) is 6.92 Å². The lowest BCUT2D eigenvalue weighted by molar-refractivity contribution is 0.589. The Bertz CT molecular complexity index is 1850. The molecule has 0 bridgehead atoms. The zero-order chi connectivity index (χ0) is 29.0. The lowest BCUT2D eigenvalue weighted by Crippen LogP contribution is -2.46. The van der Waals surface area contributed by atoms with Crippen molar-refractivity contribution in [2.24, 2.45) is 9.98 Å². The maximum absolute atomic E-state index is 6.19. The van der Waals surface area contributed by atoms with Crippen LogP contribution < -0.4 is 10.2 Å². The van der Waals surface area contributed by atoms with Gasteiger partial charge in [-0.1, -0.05) is 87.0 Å². The summed E-state index contributed by atoms with van der Waals surface area (Å²) < 4.78 is 1.95. The Morgan fingerprint density at radius 3 is 2.19 bits per heavy atom. The van der Waals surface area contributed by atoms with Gasteiger partial charge in [0.1, 0.15) is 0 Å². The van der Waals surface area contributed by atoms with Crippen LogP contribution in [0.2, 0.25) is 5.02 Å². The number of aliphatic imine (C=N–C) groups is 2. The normalized spacial score (nSPS) is 15.7. The summed E-state index contributed by atoms with van der Waals surface area (Å²) in [5, 5.41) is 9.25. The molecule has 5 aromatic rings. The van der Waals surface area contributed by atoms with Crippen LogP contribution in [0.1, 0.15) is 49.2 Å². The highest BCUT2D eigenvalue weighted by Crippen LogP contribution is 2.48. The summed E-state index contributed by atoms with van der Waals surface area (Å²) in [6.45, 7) is 8.80. The van der Waals surface area contributed by atoms with Crippen LogP contribution in [0.3, 0.4) is 0 Å². The molecule has 0 fully saturated rings. The Labute approximate surface area is 251 Å². The van der Waals surface area contributed by atoms with Gasteiger partial charge in [0, 0.05) is 16.3 Å². The molecule has 1 unspecified atom stereocenters. The van der Waals surface area contributed by atoms with E-state index in [9.17, 15) is 0 Å². The number of fused-ring (bicyclic) bond motifs is 4. The van der Waals surface area contributed by atoms with E-state index in [1.54, 1.807) is 0 Å². The summed E-state index contributed by atoms with van der Waals surface area (Å²) in [4.78, 5) is 12.7. The number of rotatable bonds is 3.